The first-order valence-corrected chi connectivity index (χ1v) is 12.2. The molecule has 102 valence electrons. The van der Waals surface area contributed by atoms with Crippen LogP contribution in [-0.4, -0.2) is 29.3 Å². The molecular weight excluding hydrogens is 248 g/mol. The number of rotatable bonds is 5. The fraction of sp³-hybridized carbons (Fsp3) is 1.00. The lowest BCUT2D eigenvalue weighted by Gasteiger charge is -2.40. The van der Waals surface area contributed by atoms with Gasteiger partial charge < -0.3 is 13.0 Å². The van der Waals surface area contributed by atoms with Crippen molar-refractivity contribution in [3.05, 3.63) is 0 Å². The zero-order chi connectivity index (χ0) is 13.1. The van der Waals surface area contributed by atoms with Gasteiger partial charge >= 0.3 is 17.1 Å². The maximum Gasteiger partial charge on any atom is 0.326 e. The Labute approximate surface area is 108 Å². The average molecular weight is 277 g/mol. The first-order chi connectivity index (χ1) is 7.76. The van der Waals surface area contributed by atoms with Gasteiger partial charge in [-0.15, -0.1) is 0 Å². The van der Waals surface area contributed by atoms with Gasteiger partial charge in [0, 0.05) is 12.2 Å². The molecule has 0 N–H and O–H groups in total. The molecule has 1 fully saturated rings. The first kappa shape index (κ1) is 15.4. The Balaban J connectivity index is 2.55. The minimum absolute atomic E-state index is 0.287. The molecule has 3 nitrogen and oxygen atoms in total. The van der Waals surface area contributed by atoms with Gasteiger partial charge in [-0.25, -0.2) is 0 Å². The van der Waals surface area contributed by atoms with Crippen LogP contribution < -0.4 is 0 Å². The molecule has 3 atom stereocenters. The molecule has 0 spiro atoms. The van der Waals surface area contributed by atoms with Gasteiger partial charge in [0.25, 0.3) is 0 Å². The summed E-state index contributed by atoms with van der Waals surface area (Å²) in [5, 5.41) is 0. The maximum atomic E-state index is 6.34. The molecule has 0 amide bonds. The molecule has 3 unspecified atom stereocenters. The van der Waals surface area contributed by atoms with Gasteiger partial charge in [0.05, 0.1) is 0 Å². The van der Waals surface area contributed by atoms with Crippen LogP contribution in [0.3, 0.4) is 0 Å². The number of hydrogen-bond donors (Lipinski definition) is 0. The minimum Gasteiger partial charge on any atom is -0.415 e. The summed E-state index contributed by atoms with van der Waals surface area (Å²) >= 11 is 0. The smallest absolute Gasteiger partial charge is 0.326 e. The average Bonchev–Trinajstić information content (AvgIpc) is 2.14. The van der Waals surface area contributed by atoms with Gasteiger partial charge in [-0.05, 0) is 58.8 Å². The van der Waals surface area contributed by atoms with E-state index >= 15 is 0 Å². The fourth-order valence-corrected chi connectivity index (χ4v) is 10.5. The van der Waals surface area contributed by atoms with Crippen LogP contribution in [0.2, 0.25) is 25.7 Å². The second kappa shape index (κ2) is 5.97. The summed E-state index contributed by atoms with van der Waals surface area (Å²) in [6.07, 6.45) is 4.08. The third-order valence-corrected chi connectivity index (χ3v) is 10.0. The molecule has 0 aliphatic carbocycles. The Bertz CT molecular complexity index is 248. The van der Waals surface area contributed by atoms with E-state index in [1.165, 1.54) is 12.8 Å². The van der Waals surface area contributed by atoms with Crippen LogP contribution in [0, 0.1) is 0 Å². The molecule has 5 heteroatoms. The van der Waals surface area contributed by atoms with Crippen molar-refractivity contribution in [3.8, 4) is 0 Å². The highest BCUT2D eigenvalue weighted by Crippen LogP contribution is 2.30. The summed E-state index contributed by atoms with van der Waals surface area (Å²) in [5.41, 5.74) is 0. The van der Waals surface area contributed by atoms with Gasteiger partial charge in [-0.1, -0.05) is 6.92 Å². The molecule has 17 heavy (non-hydrogen) atoms. The van der Waals surface area contributed by atoms with Crippen molar-refractivity contribution in [2.45, 2.75) is 77.9 Å². The molecule has 0 bridgehead atoms. The minimum atomic E-state index is -2.04. The zero-order valence-corrected chi connectivity index (χ0v) is 14.2. The van der Waals surface area contributed by atoms with E-state index in [-0.39, 0.29) is 6.10 Å². The predicted octanol–water partition coefficient (Wildman–Crippen LogP) is 3.79. The molecule has 1 heterocycles. The summed E-state index contributed by atoms with van der Waals surface area (Å²) in [6.45, 7) is 12.9. The Morgan fingerprint density at radius 2 is 2.12 bits per heavy atom. The molecule has 0 aromatic carbocycles. The van der Waals surface area contributed by atoms with Crippen molar-refractivity contribution in [2.75, 3.05) is 0 Å². The third-order valence-electron chi connectivity index (χ3n) is 3.21. The highest BCUT2D eigenvalue weighted by atomic mass is 28.5. The maximum absolute atomic E-state index is 6.34. The second-order valence-corrected chi connectivity index (χ2v) is 12.6. The molecule has 1 aliphatic heterocycles. The monoisotopic (exact) mass is 276 g/mol. The number of hydrogen-bond acceptors (Lipinski definition) is 3. The van der Waals surface area contributed by atoms with E-state index in [0.29, 0.717) is 6.10 Å². The van der Waals surface area contributed by atoms with Crippen molar-refractivity contribution >= 4 is 17.1 Å². The van der Waals surface area contributed by atoms with Crippen LogP contribution in [0.25, 0.3) is 0 Å². The lowest BCUT2D eigenvalue weighted by Crippen LogP contribution is -2.54. The van der Waals surface area contributed by atoms with Crippen molar-refractivity contribution in [2.24, 2.45) is 0 Å². The molecule has 1 rings (SSSR count). The molecular formula is C12H28O3Si2. The van der Waals surface area contributed by atoms with Gasteiger partial charge in [-0.3, -0.25) is 0 Å². The van der Waals surface area contributed by atoms with E-state index in [1.807, 2.05) is 0 Å². The summed E-state index contributed by atoms with van der Waals surface area (Å²) < 4.78 is 18.5. The van der Waals surface area contributed by atoms with Crippen molar-refractivity contribution in [1.29, 1.82) is 0 Å². The van der Waals surface area contributed by atoms with Gasteiger partial charge in [0.15, 0.2) is 0 Å². The predicted molar refractivity (Wildman–Crippen MR) is 75.6 cm³/mol. The van der Waals surface area contributed by atoms with E-state index in [4.69, 9.17) is 13.0 Å². The Hall–Kier alpha value is 0.314. The lowest BCUT2D eigenvalue weighted by molar-refractivity contribution is 0.109. The molecule has 0 radical (unpaired) electrons. The molecule has 0 saturated carbocycles. The molecule has 1 saturated heterocycles. The van der Waals surface area contributed by atoms with Crippen LogP contribution in [0.1, 0.15) is 40.0 Å². The summed E-state index contributed by atoms with van der Waals surface area (Å²) in [6, 6.07) is 1.11. The van der Waals surface area contributed by atoms with Crippen LogP contribution in [0.15, 0.2) is 0 Å². The molecule has 1 aliphatic rings. The summed E-state index contributed by atoms with van der Waals surface area (Å²) in [7, 11) is -4.02. The molecule has 0 aromatic heterocycles. The zero-order valence-electron chi connectivity index (χ0n) is 12.2. The lowest BCUT2D eigenvalue weighted by atomic mass is 10.2. The van der Waals surface area contributed by atoms with Gasteiger partial charge in [0.1, 0.15) is 0 Å². The van der Waals surface area contributed by atoms with E-state index in [9.17, 15) is 0 Å². The van der Waals surface area contributed by atoms with Crippen LogP contribution in [0.5, 0.6) is 0 Å². The Morgan fingerprint density at radius 3 is 2.65 bits per heavy atom. The quantitative estimate of drug-likeness (QED) is 0.715. The standard InChI is InChI=1S/C12H28O3Si2/c1-7-11(2)13-16(4,5)15-17(6)10-8-9-12(3)14-17/h11-12H,7-10H2,1-6H3. The van der Waals surface area contributed by atoms with Gasteiger partial charge in [-0.2, -0.15) is 0 Å². The fourth-order valence-electron chi connectivity index (χ4n) is 2.44. The normalized spacial score (nSPS) is 32.5. The second-order valence-electron chi connectivity index (χ2n) is 5.79. The van der Waals surface area contributed by atoms with Gasteiger partial charge in [0.2, 0.25) is 0 Å². The van der Waals surface area contributed by atoms with E-state index < -0.39 is 17.1 Å². The molecule has 0 aromatic rings. The SMILES string of the molecule is CCC(C)O[Si](C)(C)O[Si]1(C)CCCC(C)O1. The Morgan fingerprint density at radius 1 is 1.47 bits per heavy atom. The summed E-state index contributed by atoms with van der Waals surface area (Å²) in [4.78, 5) is 0. The van der Waals surface area contributed by atoms with Crippen molar-refractivity contribution in [3.63, 3.8) is 0 Å². The van der Waals surface area contributed by atoms with Crippen LogP contribution >= 0.6 is 0 Å². The topological polar surface area (TPSA) is 27.7 Å². The van der Waals surface area contributed by atoms with E-state index in [0.717, 1.165) is 12.5 Å². The highest BCUT2D eigenvalue weighted by Gasteiger charge is 2.43. The van der Waals surface area contributed by atoms with E-state index in [2.05, 4.69) is 40.4 Å². The first-order valence-electron chi connectivity index (χ1n) is 6.82. The Kier molecular flexibility index (Phi) is 5.40. The van der Waals surface area contributed by atoms with Crippen LogP contribution in [-0.2, 0) is 13.0 Å². The largest absolute Gasteiger partial charge is 0.415 e. The van der Waals surface area contributed by atoms with Crippen molar-refractivity contribution in [1.82, 2.24) is 0 Å². The van der Waals surface area contributed by atoms with Crippen LogP contribution in [0.4, 0.5) is 0 Å². The summed E-state index contributed by atoms with van der Waals surface area (Å²) in [5.74, 6) is 0. The highest BCUT2D eigenvalue weighted by molar-refractivity contribution is 6.79. The van der Waals surface area contributed by atoms with Crippen molar-refractivity contribution < 1.29 is 13.0 Å². The van der Waals surface area contributed by atoms with E-state index in [1.54, 1.807) is 0 Å². The third kappa shape index (κ3) is 5.22.